The monoisotopic (exact) mass is 465 g/mol. The lowest BCUT2D eigenvalue weighted by molar-refractivity contribution is 0.0984. The van der Waals surface area contributed by atoms with Crippen molar-refractivity contribution in [2.45, 2.75) is 45.6 Å². The molecule has 0 unspecified atom stereocenters. The molecule has 2 heterocycles. The molecule has 34 heavy (non-hydrogen) atoms. The smallest absolute Gasteiger partial charge is 0.330 e. The number of ether oxygens (including phenoxy) is 1. The Kier molecular flexibility index (Phi) is 6.83. The number of carbonyl (C=O) groups is 1. The number of H-pyrrole nitrogens is 1. The van der Waals surface area contributed by atoms with Gasteiger partial charge in [-0.3, -0.25) is 24.1 Å². The summed E-state index contributed by atoms with van der Waals surface area (Å²) in [5.41, 5.74) is 7.15. The minimum Gasteiger partial charge on any atom is -0.385 e. The highest BCUT2D eigenvalue weighted by Crippen LogP contribution is 2.40. The molecule has 0 spiro atoms. The minimum absolute atomic E-state index is 0.0183. The molecule has 0 atom stereocenters. The van der Waals surface area contributed by atoms with Crippen LogP contribution in [0.25, 0.3) is 10.9 Å². The van der Waals surface area contributed by atoms with Crippen molar-refractivity contribution in [2.75, 3.05) is 30.9 Å². The van der Waals surface area contributed by atoms with E-state index in [1.165, 1.54) is 9.47 Å². The molecule has 9 nitrogen and oxygen atoms in total. The molecule has 0 bridgehead atoms. The first kappa shape index (κ1) is 23.7. The normalized spacial score (nSPS) is 13.5. The van der Waals surface area contributed by atoms with Gasteiger partial charge >= 0.3 is 5.69 Å². The van der Waals surface area contributed by atoms with E-state index in [4.69, 9.17) is 15.5 Å². The number of nitrogens with one attached hydrogen (secondary N) is 1. The third kappa shape index (κ3) is 4.75. The maximum absolute atomic E-state index is 14.0. The summed E-state index contributed by atoms with van der Waals surface area (Å²) in [5, 5.41) is 0.708. The van der Waals surface area contributed by atoms with Crippen LogP contribution in [0.5, 0.6) is 0 Å². The number of aromatic amines is 1. The van der Waals surface area contributed by atoms with Gasteiger partial charge in [-0.25, -0.2) is 4.79 Å². The Hall–Kier alpha value is -3.46. The summed E-state index contributed by atoms with van der Waals surface area (Å²) in [7, 11) is 1.58. The van der Waals surface area contributed by atoms with Gasteiger partial charge in [0.1, 0.15) is 5.82 Å². The lowest BCUT2D eigenvalue weighted by Gasteiger charge is -2.25. The number of pyridine rings is 1. The van der Waals surface area contributed by atoms with E-state index in [0.717, 1.165) is 24.1 Å². The number of nitrogen functional groups attached to an aromatic ring is 1. The minimum atomic E-state index is -0.686. The van der Waals surface area contributed by atoms with Crippen molar-refractivity contribution in [3.05, 3.63) is 62.4 Å². The second-order valence-electron chi connectivity index (χ2n) is 9.19. The first-order valence-corrected chi connectivity index (χ1v) is 11.6. The molecular weight excluding hydrogens is 434 g/mol. The van der Waals surface area contributed by atoms with Crippen LogP contribution in [-0.4, -0.2) is 40.7 Å². The van der Waals surface area contributed by atoms with Crippen LogP contribution in [0.2, 0.25) is 0 Å². The zero-order valence-corrected chi connectivity index (χ0v) is 19.8. The third-order valence-corrected chi connectivity index (χ3v) is 5.97. The summed E-state index contributed by atoms with van der Waals surface area (Å²) >= 11 is 0. The summed E-state index contributed by atoms with van der Waals surface area (Å²) in [6, 6.07) is 9.32. The molecule has 1 saturated carbocycles. The van der Waals surface area contributed by atoms with Crippen LogP contribution >= 0.6 is 0 Å². The number of fused-ring (bicyclic) bond motifs is 1. The number of anilines is 2. The van der Waals surface area contributed by atoms with Gasteiger partial charge in [0, 0.05) is 43.8 Å². The highest BCUT2D eigenvalue weighted by Gasteiger charge is 2.30. The SMILES string of the molecule is COCCCN(C(=O)c1cc(C2CC2)nc2ccccc12)c1c(N)n(CC(C)C)c(=O)[nH]c1=O. The van der Waals surface area contributed by atoms with E-state index in [1.807, 2.05) is 44.2 Å². The Morgan fingerprint density at radius 2 is 2.03 bits per heavy atom. The van der Waals surface area contributed by atoms with Crippen LogP contribution in [0.15, 0.2) is 39.9 Å². The molecule has 3 N–H and O–H groups in total. The Bertz CT molecular complexity index is 1320. The maximum atomic E-state index is 14.0. The second-order valence-corrected chi connectivity index (χ2v) is 9.19. The highest BCUT2D eigenvalue weighted by molar-refractivity contribution is 6.14. The number of para-hydroxylation sites is 1. The van der Waals surface area contributed by atoms with Crippen molar-refractivity contribution in [3.8, 4) is 0 Å². The van der Waals surface area contributed by atoms with Gasteiger partial charge in [-0.1, -0.05) is 32.0 Å². The number of hydrogen-bond acceptors (Lipinski definition) is 6. The van der Waals surface area contributed by atoms with Crippen LogP contribution in [0.3, 0.4) is 0 Å². The van der Waals surface area contributed by atoms with Crippen molar-refractivity contribution in [1.82, 2.24) is 14.5 Å². The number of carbonyl (C=O) groups excluding carboxylic acids is 1. The number of nitrogens with zero attached hydrogens (tertiary/aromatic N) is 3. The van der Waals surface area contributed by atoms with Crippen molar-refractivity contribution >= 4 is 28.3 Å². The number of rotatable bonds is 9. The standard InChI is InChI=1S/C25H31N5O4/c1-15(2)14-30-22(26)21(23(31)28-25(30)33)29(11-6-12-34-3)24(32)18-13-20(16-9-10-16)27-19-8-5-4-7-17(18)19/h4-5,7-8,13,15-16H,6,9-12,14,26H2,1-3H3,(H,28,31,33). The molecule has 0 saturated heterocycles. The first-order valence-electron chi connectivity index (χ1n) is 11.6. The van der Waals surface area contributed by atoms with Crippen LogP contribution in [0.4, 0.5) is 11.5 Å². The van der Waals surface area contributed by atoms with E-state index in [0.29, 0.717) is 36.4 Å². The first-order chi connectivity index (χ1) is 16.3. The van der Waals surface area contributed by atoms with Crippen molar-refractivity contribution in [2.24, 2.45) is 5.92 Å². The number of nitrogens with two attached hydrogens (primary N) is 1. The van der Waals surface area contributed by atoms with Gasteiger partial charge in [0.25, 0.3) is 11.5 Å². The lowest BCUT2D eigenvalue weighted by atomic mass is 10.0. The molecular formula is C25H31N5O4. The van der Waals surface area contributed by atoms with Gasteiger partial charge < -0.3 is 15.4 Å². The molecule has 1 fully saturated rings. The fraction of sp³-hybridized carbons (Fsp3) is 0.440. The molecule has 1 aromatic carbocycles. The molecule has 0 aliphatic heterocycles. The molecule has 180 valence electrons. The van der Waals surface area contributed by atoms with Gasteiger partial charge in [-0.15, -0.1) is 0 Å². The van der Waals surface area contributed by atoms with E-state index in [1.54, 1.807) is 7.11 Å². The molecule has 2 aromatic heterocycles. The van der Waals surface area contributed by atoms with E-state index in [9.17, 15) is 14.4 Å². The number of aromatic nitrogens is 3. The molecule has 4 rings (SSSR count). The van der Waals surface area contributed by atoms with E-state index >= 15 is 0 Å². The average Bonchev–Trinajstić information content (AvgIpc) is 3.65. The lowest BCUT2D eigenvalue weighted by Crippen LogP contribution is -2.42. The Balaban J connectivity index is 1.87. The largest absolute Gasteiger partial charge is 0.385 e. The molecule has 1 aliphatic carbocycles. The molecule has 9 heteroatoms. The second kappa shape index (κ2) is 9.80. The summed E-state index contributed by atoms with van der Waals surface area (Å²) < 4.78 is 6.50. The predicted octanol–water partition coefficient (Wildman–Crippen LogP) is 2.88. The zero-order chi connectivity index (χ0) is 24.4. The summed E-state index contributed by atoms with van der Waals surface area (Å²) in [6.45, 7) is 4.81. The van der Waals surface area contributed by atoms with Crippen molar-refractivity contribution < 1.29 is 9.53 Å². The van der Waals surface area contributed by atoms with E-state index in [2.05, 4.69) is 4.98 Å². The highest BCUT2D eigenvalue weighted by atomic mass is 16.5. The Labute approximate surface area is 197 Å². The Morgan fingerprint density at radius 3 is 2.71 bits per heavy atom. The van der Waals surface area contributed by atoms with E-state index < -0.39 is 11.2 Å². The molecule has 1 aliphatic rings. The predicted molar refractivity (Wildman–Crippen MR) is 132 cm³/mol. The third-order valence-electron chi connectivity index (χ3n) is 5.97. The fourth-order valence-corrected chi connectivity index (χ4v) is 4.17. The summed E-state index contributed by atoms with van der Waals surface area (Å²) in [4.78, 5) is 47.9. The molecule has 3 aromatic rings. The molecule has 1 amide bonds. The van der Waals surface area contributed by atoms with Gasteiger partial charge in [-0.05, 0) is 37.3 Å². The maximum Gasteiger partial charge on any atom is 0.330 e. The Morgan fingerprint density at radius 1 is 1.29 bits per heavy atom. The van der Waals surface area contributed by atoms with E-state index in [-0.39, 0.29) is 29.9 Å². The molecule has 0 radical (unpaired) electrons. The fourth-order valence-electron chi connectivity index (χ4n) is 4.17. The van der Waals surface area contributed by atoms with Crippen LogP contribution in [0.1, 0.15) is 55.1 Å². The number of methoxy groups -OCH3 is 1. The summed E-state index contributed by atoms with van der Waals surface area (Å²) in [6.07, 6.45) is 2.58. The van der Waals surface area contributed by atoms with Gasteiger partial charge in [0.15, 0.2) is 5.69 Å². The van der Waals surface area contributed by atoms with Gasteiger partial charge in [-0.2, -0.15) is 0 Å². The van der Waals surface area contributed by atoms with Crippen LogP contribution in [-0.2, 0) is 11.3 Å². The number of amides is 1. The van der Waals surface area contributed by atoms with Crippen molar-refractivity contribution in [1.29, 1.82) is 0 Å². The van der Waals surface area contributed by atoms with Gasteiger partial charge in [0.2, 0.25) is 0 Å². The number of hydrogen-bond donors (Lipinski definition) is 2. The van der Waals surface area contributed by atoms with Crippen LogP contribution in [0, 0.1) is 5.92 Å². The van der Waals surface area contributed by atoms with Crippen LogP contribution < -0.4 is 21.9 Å². The average molecular weight is 466 g/mol. The van der Waals surface area contributed by atoms with Gasteiger partial charge in [0.05, 0.1) is 11.1 Å². The van der Waals surface area contributed by atoms with Crippen molar-refractivity contribution in [3.63, 3.8) is 0 Å². The number of benzene rings is 1. The quantitative estimate of drug-likeness (QED) is 0.469. The topological polar surface area (TPSA) is 123 Å². The zero-order valence-electron chi connectivity index (χ0n) is 19.8. The summed E-state index contributed by atoms with van der Waals surface area (Å²) in [5.74, 6) is 0.0821.